The highest BCUT2D eigenvalue weighted by Gasteiger charge is 2.33. The molecule has 1 aromatic rings. The van der Waals surface area contributed by atoms with Crippen molar-refractivity contribution in [2.24, 2.45) is 5.73 Å². The molecule has 0 amide bonds. The first-order chi connectivity index (χ1) is 11.3. The third kappa shape index (κ3) is 6.69. The van der Waals surface area contributed by atoms with E-state index in [1.54, 1.807) is 12.1 Å². The van der Waals surface area contributed by atoms with Gasteiger partial charge in [-0.25, -0.2) is 0 Å². The third-order valence-electron chi connectivity index (χ3n) is 4.16. The van der Waals surface area contributed by atoms with Crippen molar-refractivity contribution in [1.82, 2.24) is 0 Å². The molecule has 1 atom stereocenters. The molecule has 0 fully saturated rings. The van der Waals surface area contributed by atoms with E-state index < -0.39 is 18.6 Å². The Morgan fingerprint density at radius 3 is 2.38 bits per heavy atom. The average molecular weight is 357 g/mol. The van der Waals surface area contributed by atoms with E-state index in [9.17, 15) is 9.90 Å². The lowest BCUT2D eigenvalue weighted by Gasteiger charge is -2.30. The van der Waals surface area contributed by atoms with Gasteiger partial charge in [0.15, 0.2) is 0 Å². The Balaban J connectivity index is 2.62. The fourth-order valence-corrected chi connectivity index (χ4v) is 2.69. The molecule has 0 aromatic heterocycles. The Kier molecular flexibility index (Phi) is 8.55. The molecule has 0 heterocycles. The van der Waals surface area contributed by atoms with E-state index in [4.69, 9.17) is 27.4 Å². The van der Waals surface area contributed by atoms with Crippen LogP contribution < -0.4 is 10.6 Å². The molecule has 0 saturated carbocycles. The van der Waals surface area contributed by atoms with Crippen molar-refractivity contribution in [2.45, 2.75) is 44.5 Å². The van der Waals surface area contributed by atoms with Crippen LogP contribution in [-0.4, -0.2) is 46.9 Å². The van der Waals surface area contributed by atoms with E-state index in [2.05, 4.69) is 4.90 Å². The lowest BCUT2D eigenvalue weighted by molar-refractivity contribution is -0.143. The second-order valence-electron chi connectivity index (χ2n) is 5.99. The summed E-state index contributed by atoms with van der Waals surface area (Å²) in [5.41, 5.74) is 5.74. The number of benzene rings is 1. The summed E-state index contributed by atoms with van der Waals surface area (Å²) in [4.78, 5) is 13.6. The Labute approximate surface area is 148 Å². The van der Waals surface area contributed by atoms with Gasteiger partial charge in [-0.1, -0.05) is 24.4 Å². The highest BCUT2D eigenvalue weighted by molar-refractivity contribution is 6.40. The number of unbranched alkanes of at least 4 members (excludes halogenated alkanes) is 1. The molecule has 8 heteroatoms. The standard InChI is InChI=1S/C16H26BClN2O4/c1-2-20(14-7-5-13(18)6-8-14)12-10-16(19,15(21)22)9-3-4-11-17(23)24/h5-8,23-24H,2-4,9-12,19H2,1H3,(H,21,22). The monoisotopic (exact) mass is 356 g/mol. The summed E-state index contributed by atoms with van der Waals surface area (Å²) < 4.78 is 0. The molecule has 0 radical (unpaired) electrons. The number of rotatable bonds is 11. The zero-order chi connectivity index (χ0) is 18.2. The molecule has 0 bridgehead atoms. The van der Waals surface area contributed by atoms with Gasteiger partial charge in [-0.05, 0) is 50.4 Å². The number of carbonyl (C=O) groups is 1. The van der Waals surface area contributed by atoms with Crippen LogP contribution in [0.3, 0.4) is 0 Å². The van der Waals surface area contributed by atoms with Crippen molar-refractivity contribution in [3.63, 3.8) is 0 Å². The van der Waals surface area contributed by atoms with Crippen LogP contribution in [0.25, 0.3) is 0 Å². The van der Waals surface area contributed by atoms with Gasteiger partial charge in [0, 0.05) is 23.8 Å². The van der Waals surface area contributed by atoms with E-state index in [-0.39, 0.29) is 6.32 Å². The Morgan fingerprint density at radius 1 is 1.25 bits per heavy atom. The molecule has 0 spiro atoms. The van der Waals surface area contributed by atoms with Gasteiger partial charge in [0.25, 0.3) is 0 Å². The van der Waals surface area contributed by atoms with E-state index in [0.29, 0.717) is 37.3 Å². The highest BCUT2D eigenvalue weighted by atomic mass is 35.5. The van der Waals surface area contributed by atoms with Crippen LogP contribution in [0.5, 0.6) is 0 Å². The van der Waals surface area contributed by atoms with Gasteiger partial charge < -0.3 is 25.8 Å². The van der Waals surface area contributed by atoms with E-state index in [1.165, 1.54) is 0 Å². The molecule has 0 aliphatic heterocycles. The molecule has 0 saturated heterocycles. The molecular formula is C16H26BClN2O4. The van der Waals surface area contributed by atoms with E-state index in [1.807, 2.05) is 19.1 Å². The van der Waals surface area contributed by atoms with Crippen molar-refractivity contribution >= 4 is 30.4 Å². The lowest BCUT2D eigenvalue weighted by atomic mass is 9.81. The predicted molar refractivity (Wildman–Crippen MR) is 97.4 cm³/mol. The topological polar surface area (TPSA) is 107 Å². The smallest absolute Gasteiger partial charge is 0.451 e. The number of halogens is 1. The summed E-state index contributed by atoms with van der Waals surface area (Å²) in [7, 11) is -1.36. The van der Waals surface area contributed by atoms with Crippen LogP contribution in [0.1, 0.15) is 32.6 Å². The zero-order valence-electron chi connectivity index (χ0n) is 14.0. The summed E-state index contributed by atoms with van der Waals surface area (Å²) in [5, 5.41) is 27.8. The van der Waals surface area contributed by atoms with Crippen molar-refractivity contribution < 1.29 is 19.9 Å². The number of carboxylic acids is 1. The third-order valence-corrected chi connectivity index (χ3v) is 4.41. The quantitative estimate of drug-likeness (QED) is 0.357. The lowest BCUT2D eigenvalue weighted by Crippen LogP contribution is -2.50. The van der Waals surface area contributed by atoms with Gasteiger partial charge in [0.2, 0.25) is 0 Å². The molecule has 5 N–H and O–H groups in total. The summed E-state index contributed by atoms with van der Waals surface area (Å²) in [5.74, 6) is -1.03. The van der Waals surface area contributed by atoms with E-state index in [0.717, 1.165) is 12.2 Å². The fourth-order valence-electron chi connectivity index (χ4n) is 2.56. The molecule has 0 aliphatic carbocycles. The molecule has 1 rings (SSSR count). The zero-order valence-corrected chi connectivity index (χ0v) is 14.7. The Bertz CT molecular complexity index is 515. The van der Waals surface area contributed by atoms with Gasteiger partial charge in [-0.15, -0.1) is 0 Å². The molecular weight excluding hydrogens is 330 g/mol. The molecule has 0 aliphatic rings. The Morgan fingerprint density at radius 2 is 1.88 bits per heavy atom. The second kappa shape index (κ2) is 9.88. The van der Waals surface area contributed by atoms with Crippen molar-refractivity contribution in [3.8, 4) is 0 Å². The average Bonchev–Trinajstić information content (AvgIpc) is 2.53. The summed E-state index contributed by atoms with van der Waals surface area (Å²) in [6.45, 7) is 3.24. The van der Waals surface area contributed by atoms with Crippen LogP contribution in [0.15, 0.2) is 24.3 Å². The van der Waals surface area contributed by atoms with Crippen LogP contribution in [0, 0.1) is 0 Å². The van der Waals surface area contributed by atoms with Gasteiger partial charge in [0.1, 0.15) is 5.54 Å². The van der Waals surface area contributed by atoms with Crippen LogP contribution in [-0.2, 0) is 4.79 Å². The maximum absolute atomic E-state index is 11.6. The van der Waals surface area contributed by atoms with E-state index >= 15 is 0 Å². The number of anilines is 1. The normalized spacial score (nSPS) is 13.4. The largest absolute Gasteiger partial charge is 0.480 e. The SMILES string of the molecule is CCN(CCC(N)(CCCCB(O)O)C(=O)O)c1ccc(Cl)cc1. The number of carboxylic acid groups (broad SMARTS) is 1. The number of nitrogens with two attached hydrogens (primary N) is 1. The summed E-state index contributed by atoms with van der Waals surface area (Å²) >= 11 is 5.89. The maximum Gasteiger partial charge on any atom is 0.451 e. The first kappa shape index (κ1) is 20.8. The number of hydrogen-bond donors (Lipinski definition) is 4. The maximum atomic E-state index is 11.6. The van der Waals surface area contributed by atoms with Crippen molar-refractivity contribution in [3.05, 3.63) is 29.3 Å². The molecule has 6 nitrogen and oxygen atoms in total. The molecule has 1 unspecified atom stereocenters. The van der Waals surface area contributed by atoms with Crippen LogP contribution in [0.2, 0.25) is 11.3 Å². The van der Waals surface area contributed by atoms with Gasteiger partial charge in [-0.2, -0.15) is 0 Å². The minimum Gasteiger partial charge on any atom is -0.480 e. The first-order valence-corrected chi connectivity index (χ1v) is 8.55. The number of hydrogen-bond acceptors (Lipinski definition) is 5. The van der Waals surface area contributed by atoms with Crippen molar-refractivity contribution in [1.29, 1.82) is 0 Å². The van der Waals surface area contributed by atoms with Crippen LogP contribution >= 0.6 is 11.6 Å². The van der Waals surface area contributed by atoms with Crippen LogP contribution in [0.4, 0.5) is 5.69 Å². The van der Waals surface area contributed by atoms with Crippen molar-refractivity contribution in [2.75, 3.05) is 18.0 Å². The number of nitrogens with zero attached hydrogens (tertiary/aromatic N) is 1. The van der Waals surface area contributed by atoms with Gasteiger partial charge in [0.05, 0.1) is 0 Å². The minimum absolute atomic E-state index is 0.224. The van der Waals surface area contributed by atoms with Gasteiger partial charge in [-0.3, -0.25) is 4.79 Å². The van der Waals surface area contributed by atoms with Gasteiger partial charge >= 0.3 is 13.1 Å². The molecule has 1 aromatic carbocycles. The molecule has 24 heavy (non-hydrogen) atoms. The second-order valence-corrected chi connectivity index (χ2v) is 6.43. The summed E-state index contributed by atoms with van der Waals surface area (Å²) in [6, 6.07) is 7.39. The Hall–Kier alpha value is -1.28. The minimum atomic E-state index is -1.36. The first-order valence-electron chi connectivity index (χ1n) is 8.17. The summed E-state index contributed by atoms with van der Waals surface area (Å²) in [6.07, 6.45) is 1.89. The fraction of sp³-hybridized carbons (Fsp3) is 0.562. The number of aliphatic carboxylic acids is 1. The highest BCUT2D eigenvalue weighted by Crippen LogP contribution is 2.22. The molecule has 134 valence electrons. The predicted octanol–water partition coefficient (Wildman–Crippen LogP) is 1.98.